The van der Waals surface area contributed by atoms with Gasteiger partial charge in [-0.3, -0.25) is 14.6 Å². The molecule has 2 aromatic carbocycles. The smallest absolute Gasteiger partial charge is 0.325 e. The maximum Gasteiger partial charge on any atom is 0.325 e. The minimum absolute atomic E-state index is 0.0278. The van der Waals surface area contributed by atoms with Crippen LogP contribution in [0.3, 0.4) is 0 Å². The van der Waals surface area contributed by atoms with Crippen molar-refractivity contribution in [1.29, 1.82) is 0 Å². The van der Waals surface area contributed by atoms with Gasteiger partial charge in [-0.05, 0) is 80.0 Å². The van der Waals surface area contributed by atoms with Gasteiger partial charge in [0.15, 0.2) is 11.5 Å². The van der Waals surface area contributed by atoms with E-state index in [-0.39, 0.29) is 63.4 Å². The third kappa shape index (κ3) is 7.38. The fourth-order valence-electron chi connectivity index (χ4n) is 5.72. The van der Waals surface area contributed by atoms with Crippen LogP contribution in [0, 0.1) is 0 Å². The summed E-state index contributed by atoms with van der Waals surface area (Å²) in [6, 6.07) is 9.39. The highest BCUT2D eigenvalue weighted by Gasteiger charge is 2.41. The number of phenols is 1. The van der Waals surface area contributed by atoms with E-state index in [1.807, 2.05) is 0 Å². The van der Waals surface area contributed by atoms with Crippen LogP contribution in [0.2, 0.25) is 10.0 Å². The molecule has 0 radical (unpaired) electrons. The molecule has 1 unspecified atom stereocenters. The summed E-state index contributed by atoms with van der Waals surface area (Å²) in [5.74, 6) is -0.858. The lowest BCUT2D eigenvalue weighted by Gasteiger charge is -2.26. The number of ether oxygens (including phenoxy) is 2. The Morgan fingerprint density at radius 1 is 1.04 bits per heavy atom. The molecule has 10 nitrogen and oxygen atoms in total. The first-order valence-corrected chi connectivity index (χ1v) is 17.0. The van der Waals surface area contributed by atoms with Crippen LogP contribution >= 0.6 is 23.2 Å². The summed E-state index contributed by atoms with van der Waals surface area (Å²) in [6.45, 7) is 0.110. The number of nitrogens with zero attached hydrogens (tertiary/aromatic N) is 3. The second kappa shape index (κ2) is 13.9. The Bertz CT molecular complexity index is 1660. The van der Waals surface area contributed by atoms with Gasteiger partial charge in [0.25, 0.3) is 5.91 Å². The maximum atomic E-state index is 13.8. The first-order chi connectivity index (χ1) is 21.5. The summed E-state index contributed by atoms with van der Waals surface area (Å²) < 4.78 is 40.9. The molecule has 1 amide bonds. The second-order valence-electron chi connectivity index (χ2n) is 11.5. The van der Waals surface area contributed by atoms with Crippen molar-refractivity contribution in [3.63, 3.8) is 0 Å². The van der Waals surface area contributed by atoms with Gasteiger partial charge < -0.3 is 19.5 Å². The highest BCUT2D eigenvalue weighted by molar-refractivity contribution is 7.89. The van der Waals surface area contributed by atoms with Crippen LogP contribution in [-0.4, -0.2) is 72.4 Å². The van der Waals surface area contributed by atoms with Gasteiger partial charge >= 0.3 is 5.97 Å². The van der Waals surface area contributed by atoms with Crippen LogP contribution in [-0.2, 0) is 26.0 Å². The van der Waals surface area contributed by atoms with Crippen molar-refractivity contribution in [2.75, 3.05) is 20.6 Å². The van der Waals surface area contributed by atoms with Gasteiger partial charge in [-0.2, -0.15) is 4.31 Å². The number of amides is 1. The molecule has 2 heterocycles. The normalized spacial score (nSPS) is 18.1. The summed E-state index contributed by atoms with van der Waals surface area (Å²) in [5.41, 5.74) is 1.23. The van der Waals surface area contributed by atoms with Crippen molar-refractivity contribution >= 4 is 45.1 Å². The molecule has 1 N–H and O–H groups in total. The number of phenolic OH excluding ortho intramolecular Hbond substituents is 1. The molecule has 1 saturated carbocycles. The molecule has 2 atom stereocenters. The average molecular weight is 677 g/mol. The summed E-state index contributed by atoms with van der Waals surface area (Å²) in [7, 11) is -0.995. The van der Waals surface area contributed by atoms with Gasteiger partial charge in [0.1, 0.15) is 12.1 Å². The molecule has 1 aliphatic heterocycles. The number of aromatic hydroxyl groups is 1. The van der Waals surface area contributed by atoms with E-state index in [9.17, 15) is 23.1 Å². The Balaban J connectivity index is 1.44. The van der Waals surface area contributed by atoms with Gasteiger partial charge in [0.05, 0.1) is 21.0 Å². The van der Waals surface area contributed by atoms with Crippen molar-refractivity contribution in [1.82, 2.24) is 14.2 Å². The lowest BCUT2D eigenvalue weighted by molar-refractivity contribution is -0.153. The lowest BCUT2D eigenvalue weighted by Crippen LogP contribution is -2.42. The second-order valence-corrected chi connectivity index (χ2v) is 14.2. The number of esters is 1. The summed E-state index contributed by atoms with van der Waals surface area (Å²) >= 11 is 12.9. The predicted molar refractivity (Wildman–Crippen MR) is 169 cm³/mol. The number of rotatable bonds is 10. The van der Waals surface area contributed by atoms with Gasteiger partial charge in [-0.1, -0.05) is 35.3 Å². The minimum atomic E-state index is -4.15. The third-order valence-corrected chi connectivity index (χ3v) is 10.7. The van der Waals surface area contributed by atoms with Crippen molar-refractivity contribution in [2.45, 2.75) is 68.1 Å². The number of hydrogen-bond acceptors (Lipinski definition) is 8. The van der Waals surface area contributed by atoms with Gasteiger partial charge in [-0.15, -0.1) is 0 Å². The lowest BCUT2D eigenvalue weighted by atomic mass is 10.0. The fraction of sp³-hybridized carbons (Fsp3) is 0.406. The van der Waals surface area contributed by atoms with Gasteiger partial charge in [0.2, 0.25) is 10.0 Å². The molecule has 13 heteroatoms. The number of hydrogen-bond donors (Lipinski definition) is 1. The maximum absolute atomic E-state index is 13.8. The van der Waals surface area contributed by atoms with E-state index < -0.39 is 28.1 Å². The quantitative estimate of drug-likeness (QED) is 0.267. The predicted octanol–water partition coefficient (Wildman–Crippen LogP) is 5.80. The Morgan fingerprint density at radius 3 is 2.44 bits per heavy atom. The van der Waals surface area contributed by atoms with Crippen LogP contribution in [0.1, 0.15) is 66.1 Å². The van der Waals surface area contributed by atoms with Crippen LogP contribution in [0.15, 0.2) is 59.8 Å². The monoisotopic (exact) mass is 675 g/mol. The number of aromatic nitrogens is 1. The van der Waals surface area contributed by atoms with E-state index in [1.165, 1.54) is 41.6 Å². The zero-order valence-corrected chi connectivity index (χ0v) is 27.3. The highest BCUT2D eigenvalue weighted by atomic mass is 35.5. The van der Waals surface area contributed by atoms with Gasteiger partial charge in [-0.25, -0.2) is 8.42 Å². The summed E-state index contributed by atoms with van der Waals surface area (Å²) in [6.07, 6.45) is 6.50. The van der Waals surface area contributed by atoms with E-state index in [2.05, 4.69) is 4.98 Å². The first kappa shape index (κ1) is 33.0. The zero-order chi connectivity index (χ0) is 32.3. The fourth-order valence-corrected chi connectivity index (χ4v) is 7.93. The molecule has 45 heavy (non-hydrogen) atoms. The number of sulfonamides is 1. The number of halogens is 2. The molecular formula is C32H35Cl2N3O7S. The number of pyridine rings is 1. The molecule has 3 aromatic rings. The van der Waals surface area contributed by atoms with E-state index in [0.717, 1.165) is 30.0 Å². The van der Waals surface area contributed by atoms with Crippen molar-refractivity contribution in [3.05, 3.63) is 81.6 Å². The van der Waals surface area contributed by atoms with E-state index >= 15 is 0 Å². The number of benzene rings is 2. The van der Waals surface area contributed by atoms with E-state index in [4.69, 9.17) is 32.7 Å². The molecule has 0 spiro atoms. The van der Waals surface area contributed by atoms with Crippen molar-refractivity contribution in [2.24, 2.45) is 0 Å². The molecule has 2 fully saturated rings. The summed E-state index contributed by atoms with van der Waals surface area (Å²) in [4.78, 5) is 31.6. The molecule has 5 rings (SSSR count). The van der Waals surface area contributed by atoms with E-state index in [0.29, 0.717) is 17.5 Å². The topological polar surface area (TPSA) is 126 Å². The SMILES string of the molecule is CN(C)C(=O)c1cccc(S(=O)(=O)N2CCC[C@H]2C(=O)OC(Cc2c(Cl)cncc2Cl)c2ccc(O)c(OC3CCCC3)c2)c1. The van der Waals surface area contributed by atoms with Crippen LogP contribution in [0.5, 0.6) is 11.5 Å². The zero-order valence-electron chi connectivity index (χ0n) is 25.0. The standard InChI is InChI=1S/C32H35Cl2N3O7S/c1-36(2)31(39)21-7-5-10-23(15-21)45(41,42)37-14-6-11-27(37)32(40)44-29(17-24-25(33)18-35-19-26(24)34)20-12-13-28(38)30(16-20)43-22-8-3-4-9-22/h5,7,10,12-13,15-16,18-19,22,27,29,38H,3-4,6,8-9,11,14,17H2,1-2H3/t27-,29?/m0/s1. The Labute approximate surface area is 272 Å². The molecule has 1 aliphatic carbocycles. The molecule has 1 saturated heterocycles. The van der Waals surface area contributed by atoms with Crippen LogP contribution in [0.4, 0.5) is 0 Å². The molecule has 1 aromatic heterocycles. The summed E-state index contributed by atoms with van der Waals surface area (Å²) in [5, 5.41) is 11.1. The van der Waals surface area contributed by atoms with E-state index in [1.54, 1.807) is 32.3 Å². The number of carbonyl (C=O) groups is 2. The molecule has 0 bridgehead atoms. The highest BCUT2D eigenvalue weighted by Crippen LogP contribution is 2.38. The molecule has 2 aliphatic rings. The first-order valence-electron chi connectivity index (χ1n) is 14.8. The Hall–Kier alpha value is -3.38. The van der Waals surface area contributed by atoms with Crippen LogP contribution in [0.25, 0.3) is 0 Å². The Kier molecular flexibility index (Phi) is 10.2. The van der Waals surface area contributed by atoms with Crippen molar-refractivity contribution in [3.8, 4) is 11.5 Å². The minimum Gasteiger partial charge on any atom is -0.504 e. The average Bonchev–Trinajstić information content (AvgIpc) is 3.72. The largest absolute Gasteiger partial charge is 0.504 e. The van der Waals surface area contributed by atoms with Gasteiger partial charge in [0, 0.05) is 45.0 Å². The number of carbonyl (C=O) groups excluding carboxylic acids is 2. The third-order valence-electron chi connectivity index (χ3n) is 8.12. The molecular weight excluding hydrogens is 641 g/mol. The molecule has 240 valence electrons. The van der Waals surface area contributed by atoms with Crippen molar-refractivity contribution < 1.29 is 32.6 Å². The Morgan fingerprint density at radius 2 is 1.76 bits per heavy atom. The van der Waals surface area contributed by atoms with Crippen LogP contribution < -0.4 is 4.74 Å².